The van der Waals surface area contributed by atoms with Crippen LogP contribution in [0, 0.1) is 17.2 Å². The summed E-state index contributed by atoms with van der Waals surface area (Å²) in [7, 11) is 0. The summed E-state index contributed by atoms with van der Waals surface area (Å²) >= 11 is 0. The van der Waals surface area contributed by atoms with Gasteiger partial charge in [-0.2, -0.15) is 5.26 Å². The number of aliphatic hydroxyl groups excluding tert-OH is 1. The van der Waals surface area contributed by atoms with Gasteiger partial charge in [0.2, 0.25) is 0 Å². The average Bonchev–Trinajstić information content (AvgIpc) is 3.03. The summed E-state index contributed by atoms with van der Waals surface area (Å²) in [5.41, 5.74) is 1.72. The van der Waals surface area contributed by atoms with Gasteiger partial charge in [0.25, 0.3) is 0 Å². The van der Waals surface area contributed by atoms with Gasteiger partial charge in [0, 0.05) is 0 Å². The number of hydrogen-bond acceptors (Lipinski definition) is 4. The van der Waals surface area contributed by atoms with Crippen molar-refractivity contribution >= 4 is 0 Å². The number of nitrogens with zero attached hydrogens (tertiary/aromatic N) is 4. The van der Waals surface area contributed by atoms with E-state index in [0.717, 1.165) is 24.2 Å². The Morgan fingerprint density at radius 1 is 1.53 bits per heavy atom. The molecular weight excluding hydrogens is 216 g/mol. The Hall–Kier alpha value is -1.41. The molecule has 1 aliphatic carbocycles. The minimum Gasteiger partial charge on any atom is -0.391 e. The molecule has 0 aliphatic heterocycles. The van der Waals surface area contributed by atoms with E-state index in [1.54, 1.807) is 4.68 Å². The molecule has 0 amide bonds. The van der Waals surface area contributed by atoms with Gasteiger partial charge in [0.15, 0.2) is 0 Å². The summed E-state index contributed by atoms with van der Waals surface area (Å²) in [5.74, 6) is 0.693. The van der Waals surface area contributed by atoms with Crippen LogP contribution in [0.2, 0.25) is 0 Å². The van der Waals surface area contributed by atoms with Gasteiger partial charge in [0.05, 0.1) is 30.8 Å². The van der Waals surface area contributed by atoms with Crippen molar-refractivity contribution in [3.05, 3.63) is 11.4 Å². The lowest BCUT2D eigenvalue weighted by molar-refractivity contribution is 0.125. The molecule has 5 nitrogen and oxygen atoms in total. The number of hydrogen-bond donors (Lipinski definition) is 1. The van der Waals surface area contributed by atoms with Crippen molar-refractivity contribution in [1.29, 1.82) is 5.26 Å². The highest BCUT2D eigenvalue weighted by atomic mass is 16.3. The van der Waals surface area contributed by atoms with Gasteiger partial charge < -0.3 is 5.11 Å². The molecule has 0 aromatic carbocycles. The molecule has 0 saturated heterocycles. The Morgan fingerprint density at radius 3 is 2.76 bits per heavy atom. The maximum atomic E-state index is 9.93. The standard InChI is InChI=1S/C12H18N4O/c1-8(2)12-10(5-6-13)14-15-16(12)7-11(17)9-3-4-9/h8-9,11,17H,3-5,7H2,1-2H3. The van der Waals surface area contributed by atoms with Crippen LogP contribution in [0.3, 0.4) is 0 Å². The molecule has 1 heterocycles. The van der Waals surface area contributed by atoms with Crippen LogP contribution in [-0.2, 0) is 13.0 Å². The molecule has 0 spiro atoms. The maximum absolute atomic E-state index is 9.93. The van der Waals surface area contributed by atoms with Crippen molar-refractivity contribution in [2.24, 2.45) is 5.92 Å². The van der Waals surface area contributed by atoms with Crippen LogP contribution in [0.1, 0.15) is 44.0 Å². The van der Waals surface area contributed by atoms with E-state index in [4.69, 9.17) is 5.26 Å². The highest BCUT2D eigenvalue weighted by Crippen LogP contribution is 2.33. The van der Waals surface area contributed by atoms with Gasteiger partial charge in [-0.3, -0.25) is 0 Å². The Morgan fingerprint density at radius 2 is 2.24 bits per heavy atom. The molecular formula is C12H18N4O. The fourth-order valence-corrected chi connectivity index (χ4v) is 2.13. The largest absolute Gasteiger partial charge is 0.391 e. The number of nitriles is 1. The van der Waals surface area contributed by atoms with Crippen molar-refractivity contribution in [3.63, 3.8) is 0 Å². The molecule has 1 N–H and O–H groups in total. The second kappa shape index (κ2) is 4.84. The van der Waals surface area contributed by atoms with Crippen LogP contribution < -0.4 is 0 Å². The first-order chi connectivity index (χ1) is 8.13. The van der Waals surface area contributed by atoms with Crippen LogP contribution in [-0.4, -0.2) is 26.2 Å². The summed E-state index contributed by atoms with van der Waals surface area (Å²) in [6.07, 6.45) is 2.17. The fraction of sp³-hybridized carbons (Fsp3) is 0.750. The Balaban J connectivity index is 2.17. The van der Waals surface area contributed by atoms with E-state index in [2.05, 4.69) is 30.2 Å². The van der Waals surface area contributed by atoms with E-state index in [1.807, 2.05) is 0 Å². The summed E-state index contributed by atoms with van der Waals surface area (Å²) in [4.78, 5) is 0. The molecule has 0 bridgehead atoms. The van der Waals surface area contributed by atoms with E-state index in [0.29, 0.717) is 12.5 Å². The smallest absolute Gasteiger partial charge is 0.100 e. The highest BCUT2D eigenvalue weighted by molar-refractivity contribution is 5.17. The third-order valence-electron chi connectivity index (χ3n) is 3.17. The monoisotopic (exact) mass is 234 g/mol. The fourth-order valence-electron chi connectivity index (χ4n) is 2.13. The molecule has 1 saturated carbocycles. The van der Waals surface area contributed by atoms with Crippen LogP contribution >= 0.6 is 0 Å². The SMILES string of the molecule is CC(C)c1c(CC#N)nnn1CC(O)C1CC1. The van der Waals surface area contributed by atoms with Gasteiger partial charge in [-0.1, -0.05) is 19.1 Å². The minimum absolute atomic E-state index is 0.264. The highest BCUT2D eigenvalue weighted by Gasteiger charge is 2.31. The van der Waals surface area contributed by atoms with Gasteiger partial charge in [-0.25, -0.2) is 4.68 Å². The van der Waals surface area contributed by atoms with Crippen LogP contribution in [0.5, 0.6) is 0 Å². The molecule has 1 fully saturated rings. The molecule has 2 rings (SSSR count). The van der Waals surface area contributed by atoms with Crippen molar-refractivity contribution in [2.75, 3.05) is 0 Å². The molecule has 1 aromatic heterocycles. The first kappa shape index (κ1) is 12.1. The second-order valence-corrected chi connectivity index (χ2v) is 5.00. The van der Waals surface area contributed by atoms with E-state index < -0.39 is 0 Å². The first-order valence-electron chi connectivity index (χ1n) is 6.10. The zero-order valence-electron chi connectivity index (χ0n) is 10.3. The number of aliphatic hydroxyl groups is 1. The third-order valence-corrected chi connectivity index (χ3v) is 3.17. The summed E-state index contributed by atoms with van der Waals surface area (Å²) in [5, 5.41) is 26.8. The molecule has 1 unspecified atom stereocenters. The lowest BCUT2D eigenvalue weighted by atomic mass is 10.1. The Bertz CT molecular complexity index is 428. The second-order valence-electron chi connectivity index (χ2n) is 5.00. The average molecular weight is 234 g/mol. The molecule has 1 aromatic rings. The number of rotatable bonds is 5. The molecule has 17 heavy (non-hydrogen) atoms. The van der Waals surface area contributed by atoms with Crippen molar-refractivity contribution < 1.29 is 5.11 Å². The Kier molecular flexibility index (Phi) is 3.43. The van der Waals surface area contributed by atoms with Gasteiger partial charge >= 0.3 is 0 Å². The van der Waals surface area contributed by atoms with E-state index >= 15 is 0 Å². The van der Waals surface area contributed by atoms with Crippen molar-refractivity contribution in [1.82, 2.24) is 15.0 Å². The summed E-state index contributed by atoms with van der Waals surface area (Å²) in [6.45, 7) is 4.61. The summed E-state index contributed by atoms with van der Waals surface area (Å²) in [6, 6.07) is 2.10. The lowest BCUT2D eigenvalue weighted by Crippen LogP contribution is -2.21. The van der Waals surface area contributed by atoms with Crippen LogP contribution in [0.25, 0.3) is 0 Å². The van der Waals surface area contributed by atoms with Crippen molar-refractivity contribution in [2.45, 2.75) is 51.7 Å². The predicted molar refractivity (Wildman–Crippen MR) is 62.2 cm³/mol. The summed E-state index contributed by atoms with van der Waals surface area (Å²) < 4.78 is 1.76. The van der Waals surface area contributed by atoms with Crippen molar-refractivity contribution in [3.8, 4) is 6.07 Å². The zero-order chi connectivity index (χ0) is 12.4. The lowest BCUT2D eigenvalue weighted by Gasteiger charge is -2.13. The molecule has 1 aliphatic rings. The van der Waals surface area contributed by atoms with E-state index in [1.165, 1.54) is 0 Å². The molecule has 92 valence electrons. The number of aromatic nitrogens is 3. The van der Waals surface area contributed by atoms with Crippen LogP contribution in [0.4, 0.5) is 0 Å². The Labute approximate surface area is 101 Å². The van der Waals surface area contributed by atoms with E-state index in [-0.39, 0.29) is 18.4 Å². The quantitative estimate of drug-likeness (QED) is 0.831. The molecule has 5 heteroatoms. The van der Waals surface area contributed by atoms with E-state index in [9.17, 15) is 5.11 Å². The zero-order valence-corrected chi connectivity index (χ0v) is 10.3. The maximum Gasteiger partial charge on any atom is 0.100 e. The normalized spacial score (nSPS) is 17.1. The van der Waals surface area contributed by atoms with Gasteiger partial charge in [-0.15, -0.1) is 5.10 Å². The van der Waals surface area contributed by atoms with Gasteiger partial charge in [0.1, 0.15) is 5.69 Å². The van der Waals surface area contributed by atoms with Crippen LogP contribution in [0.15, 0.2) is 0 Å². The predicted octanol–water partition coefficient (Wildman–Crippen LogP) is 1.24. The first-order valence-corrected chi connectivity index (χ1v) is 6.10. The minimum atomic E-state index is -0.330. The topological polar surface area (TPSA) is 74.7 Å². The molecule has 0 radical (unpaired) electrons. The third kappa shape index (κ3) is 2.64. The molecule has 1 atom stereocenters. The van der Waals surface area contributed by atoms with Gasteiger partial charge in [-0.05, 0) is 24.7 Å².